The van der Waals surface area contributed by atoms with Gasteiger partial charge in [-0.25, -0.2) is 9.29 Å². The Hall–Kier alpha value is -3.93. The van der Waals surface area contributed by atoms with E-state index in [1.807, 2.05) is 39.0 Å². The molecule has 168 valence electrons. The highest BCUT2D eigenvalue weighted by Crippen LogP contribution is 2.38. The average molecular weight is 445 g/mol. The Balaban J connectivity index is 1.83. The van der Waals surface area contributed by atoms with Gasteiger partial charge in [0.1, 0.15) is 17.3 Å². The Morgan fingerprint density at radius 2 is 1.64 bits per heavy atom. The van der Waals surface area contributed by atoms with E-state index in [2.05, 4.69) is 5.32 Å². The third kappa shape index (κ3) is 4.24. The van der Waals surface area contributed by atoms with Gasteiger partial charge in [0.25, 0.3) is 11.8 Å². The molecule has 1 heterocycles. The summed E-state index contributed by atoms with van der Waals surface area (Å²) in [6, 6.07) is 18.2. The predicted octanol–water partition coefficient (Wildman–Crippen LogP) is 5.63. The van der Waals surface area contributed by atoms with Crippen LogP contribution < -0.4 is 15.0 Å². The Kier molecular flexibility index (Phi) is 6.27. The Labute approximate surface area is 192 Å². The lowest BCUT2D eigenvalue weighted by Gasteiger charge is -2.19. The fraction of sp³-hybridized carbons (Fsp3) is 0.185. The number of nitrogens with one attached hydrogen (secondary N) is 1. The summed E-state index contributed by atoms with van der Waals surface area (Å²) in [7, 11) is 0. The largest absolute Gasteiger partial charge is 0.491 e. The topological polar surface area (TPSA) is 58.6 Å². The molecule has 1 N–H and O–H groups in total. The average Bonchev–Trinajstić information content (AvgIpc) is 3.05. The summed E-state index contributed by atoms with van der Waals surface area (Å²) in [6.45, 7) is 6.36. The standard InChI is InChI=1S/C27H25FN2O3/c1-4-16-33-23-11-6-5-10-22(23)30-26(31)24(19-12-14-20(28)15-13-19)25(27(30)32)29-21-9-7-8-17(2)18(21)3/h5-15,29H,4,16H2,1-3H3. The van der Waals surface area contributed by atoms with Gasteiger partial charge in [0.2, 0.25) is 0 Å². The molecule has 1 aliphatic heterocycles. The van der Waals surface area contributed by atoms with Crippen LogP contribution in [0.3, 0.4) is 0 Å². The summed E-state index contributed by atoms with van der Waals surface area (Å²) in [4.78, 5) is 28.4. The third-order valence-corrected chi connectivity index (χ3v) is 5.65. The number of carbonyl (C=O) groups is 2. The highest BCUT2D eigenvalue weighted by Gasteiger charge is 2.41. The van der Waals surface area contributed by atoms with Gasteiger partial charge < -0.3 is 10.1 Å². The van der Waals surface area contributed by atoms with E-state index >= 15 is 0 Å². The van der Waals surface area contributed by atoms with Gasteiger partial charge in [-0.15, -0.1) is 0 Å². The number of anilines is 2. The van der Waals surface area contributed by atoms with Crippen molar-refractivity contribution >= 4 is 28.8 Å². The molecule has 33 heavy (non-hydrogen) atoms. The molecule has 0 bridgehead atoms. The zero-order chi connectivity index (χ0) is 23.5. The number of amides is 2. The van der Waals surface area contributed by atoms with E-state index in [-0.39, 0.29) is 11.3 Å². The van der Waals surface area contributed by atoms with E-state index in [0.717, 1.165) is 28.1 Å². The van der Waals surface area contributed by atoms with Crippen LogP contribution in [0.15, 0.2) is 72.4 Å². The summed E-state index contributed by atoms with van der Waals surface area (Å²) in [5, 5.41) is 3.19. The molecule has 6 heteroatoms. The van der Waals surface area contributed by atoms with E-state index in [1.54, 1.807) is 24.3 Å². The molecule has 0 fully saturated rings. The lowest BCUT2D eigenvalue weighted by atomic mass is 10.0. The summed E-state index contributed by atoms with van der Waals surface area (Å²) < 4.78 is 19.4. The molecular formula is C27H25FN2O3. The Morgan fingerprint density at radius 3 is 2.36 bits per heavy atom. The normalized spacial score (nSPS) is 13.6. The summed E-state index contributed by atoms with van der Waals surface area (Å²) >= 11 is 0. The predicted molar refractivity (Wildman–Crippen MR) is 128 cm³/mol. The van der Waals surface area contributed by atoms with E-state index in [0.29, 0.717) is 23.6 Å². The van der Waals surface area contributed by atoms with Crippen molar-refractivity contribution < 1.29 is 18.7 Å². The van der Waals surface area contributed by atoms with Crippen molar-refractivity contribution in [1.82, 2.24) is 0 Å². The van der Waals surface area contributed by atoms with Crippen molar-refractivity contribution in [3.8, 4) is 5.75 Å². The molecule has 0 atom stereocenters. The van der Waals surface area contributed by atoms with Crippen LogP contribution in [0.5, 0.6) is 5.75 Å². The molecule has 1 aliphatic rings. The minimum absolute atomic E-state index is 0.144. The quantitative estimate of drug-likeness (QED) is 0.480. The molecule has 0 spiro atoms. The van der Waals surface area contributed by atoms with Crippen molar-refractivity contribution in [3.05, 3.63) is 94.9 Å². The van der Waals surface area contributed by atoms with Gasteiger partial charge in [-0.3, -0.25) is 9.59 Å². The molecule has 3 aromatic carbocycles. The van der Waals surface area contributed by atoms with Gasteiger partial charge in [0.15, 0.2) is 0 Å². The maximum absolute atomic E-state index is 13.6. The first kappa shape index (κ1) is 22.3. The van der Waals surface area contributed by atoms with Crippen LogP contribution in [0.2, 0.25) is 0 Å². The minimum atomic E-state index is -0.494. The van der Waals surface area contributed by atoms with Gasteiger partial charge in [-0.05, 0) is 67.3 Å². The highest BCUT2D eigenvalue weighted by atomic mass is 19.1. The first-order valence-electron chi connectivity index (χ1n) is 10.9. The van der Waals surface area contributed by atoms with Crippen LogP contribution in [0, 0.1) is 19.7 Å². The number of aryl methyl sites for hydroxylation is 1. The number of rotatable bonds is 7. The highest BCUT2D eigenvalue weighted by molar-refractivity contribution is 6.46. The Morgan fingerprint density at radius 1 is 0.909 bits per heavy atom. The molecule has 0 saturated carbocycles. The fourth-order valence-corrected chi connectivity index (χ4v) is 3.75. The van der Waals surface area contributed by atoms with Gasteiger partial charge >= 0.3 is 0 Å². The maximum Gasteiger partial charge on any atom is 0.282 e. The minimum Gasteiger partial charge on any atom is -0.491 e. The van der Waals surface area contributed by atoms with Crippen molar-refractivity contribution in [1.29, 1.82) is 0 Å². The molecule has 4 rings (SSSR count). The van der Waals surface area contributed by atoms with Crippen molar-refractivity contribution in [3.63, 3.8) is 0 Å². The fourth-order valence-electron chi connectivity index (χ4n) is 3.75. The second-order valence-electron chi connectivity index (χ2n) is 7.89. The molecule has 5 nitrogen and oxygen atoms in total. The summed E-state index contributed by atoms with van der Waals surface area (Å²) in [5.74, 6) is -0.956. The lowest BCUT2D eigenvalue weighted by Crippen LogP contribution is -2.32. The number of halogens is 1. The molecule has 3 aromatic rings. The number of benzene rings is 3. The number of nitrogens with zero attached hydrogens (tertiary/aromatic N) is 1. The van der Waals surface area contributed by atoms with E-state index in [9.17, 15) is 14.0 Å². The SMILES string of the molecule is CCCOc1ccccc1N1C(=O)C(Nc2cccc(C)c2C)=C(c2ccc(F)cc2)C1=O. The number of hydrogen-bond acceptors (Lipinski definition) is 4. The molecule has 0 aromatic heterocycles. The van der Waals surface area contributed by atoms with Crippen LogP contribution in [-0.2, 0) is 9.59 Å². The smallest absolute Gasteiger partial charge is 0.282 e. The van der Waals surface area contributed by atoms with Crippen LogP contribution in [0.1, 0.15) is 30.0 Å². The molecule has 2 amide bonds. The molecule has 0 unspecified atom stereocenters. The van der Waals surface area contributed by atoms with Gasteiger partial charge in [-0.2, -0.15) is 0 Å². The van der Waals surface area contributed by atoms with Crippen molar-refractivity contribution in [2.75, 3.05) is 16.8 Å². The summed E-state index contributed by atoms with van der Waals surface area (Å²) in [5.41, 5.74) is 3.90. The zero-order valence-corrected chi connectivity index (χ0v) is 18.8. The monoisotopic (exact) mass is 444 g/mol. The number of imide groups is 1. The molecular weight excluding hydrogens is 419 g/mol. The van der Waals surface area contributed by atoms with E-state index < -0.39 is 17.6 Å². The third-order valence-electron chi connectivity index (χ3n) is 5.65. The van der Waals surface area contributed by atoms with E-state index in [4.69, 9.17) is 4.74 Å². The molecule has 0 aliphatic carbocycles. The Bertz CT molecular complexity index is 1250. The lowest BCUT2D eigenvalue weighted by molar-refractivity contribution is -0.120. The van der Waals surface area contributed by atoms with Crippen LogP contribution in [0.4, 0.5) is 15.8 Å². The summed E-state index contributed by atoms with van der Waals surface area (Å²) in [6.07, 6.45) is 0.786. The molecule has 0 saturated heterocycles. The second kappa shape index (κ2) is 9.28. The first-order valence-corrected chi connectivity index (χ1v) is 10.9. The number of hydrogen-bond donors (Lipinski definition) is 1. The van der Waals surface area contributed by atoms with E-state index in [1.165, 1.54) is 24.3 Å². The molecule has 0 radical (unpaired) electrons. The van der Waals surface area contributed by atoms with Gasteiger partial charge in [0.05, 0.1) is 17.9 Å². The van der Waals surface area contributed by atoms with Crippen molar-refractivity contribution in [2.24, 2.45) is 0 Å². The second-order valence-corrected chi connectivity index (χ2v) is 7.89. The van der Waals surface area contributed by atoms with Gasteiger partial charge in [-0.1, -0.05) is 43.3 Å². The van der Waals surface area contributed by atoms with Crippen LogP contribution in [0.25, 0.3) is 5.57 Å². The number of carbonyl (C=O) groups excluding carboxylic acids is 2. The van der Waals surface area contributed by atoms with Crippen LogP contribution >= 0.6 is 0 Å². The number of para-hydroxylation sites is 2. The van der Waals surface area contributed by atoms with Gasteiger partial charge in [0, 0.05) is 5.69 Å². The van der Waals surface area contributed by atoms with Crippen LogP contribution in [-0.4, -0.2) is 18.4 Å². The number of ether oxygens (including phenoxy) is 1. The zero-order valence-electron chi connectivity index (χ0n) is 18.8. The maximum atomic E-state index is 13.6. The first-order chi connectivity index (χ1) is 15.9. The van der Waals surface area contributed by atoms with Crippen molar-refractivity contribution in [2.45, 2.75) is 27.2 Å².